The summed E-state index contributed by atoms with van der Waals surface area (Å²) in [5.74, 6) is 0. The highest BCUT2D eigenvalue weighted by Gasteiger charge is 2.12. The maximum absolute atomic E-state index is 5.47. The summed E-state index contributed by atoms with van der Waals surface area (Å²) in [4.78, 5) is 0. The molecule has 3 heteroatoms. The van der Waals surface area contributed by atoms with Gasteiger partial charge in [0.05, 0.1) is 0 Å². The zero-order valence-electron chi connectivity index (χ0n) is 7.16. The highest BCUT2D eigenvalue weighted by Crippen LogP contribution is 2.06. The number of hydrogen-bond acceptors (Lipinski definition) is 3. The molecule has 1 heterocycles. The van der Waals surface area contributed by atoms with E-state index in [0.29, 0.717) is 0 Å². The monoisotopic (exact) mass is 155 g/mol. The maximum atomic E-state index is 5.47. The number of hydrogen-bond donors (Lipinski definition) is 1. The third-order valence-corrected chi connectivity index (χ3v) is 1.80. The number of rotatable bonds is 4. The molecule has 0 atom stereocenters. The number of hydrazine groups is 1. The average Bonchev–Trinajstić information content (AvgIpc) is 2.39. The van der Waals surface area contributed by atoms with Gasteiger partial charge < -0.3 is 10.7 Å². The van der Waals surface area contributed by atoms with Gasteiger partial charge in [0.1, 0.15) is 0 Å². The van der Waals surface area contributed by atoms with Gasteiger partial charge in [0.25, 0.3) is 0 Å². The largest absolute Gasteiger partial charge is 0.329 e. The molecule has 0 radical (unpaired) electrons. The summed E-state index contributed by atoms with van der Waals surface area (Å²) >= 11 is 0. The molecule has 11 heavy (non-hydrogen) atoms. The lowest BCUT2D eigenvalue weighted by Gasteiger charge is -2.28. The van der Waals surface area contributed by atoms with Crippen LogP contribution in [0.25, 0.3) is 0 Å². The van der Waals surface area contributed by atoms with Gasteiger partial charge in [0, 0.05) is 32.4 Å². The molecule has 3 nitrogen and oxygen atoms in total. The molecule has 0 aromatic carbocycles. The Morgan fingerprint density at radius 3 is 2.91 bits per heavy atom. The van der Waals surface area contributed by atoms with Crippen molar-refractivity contribution in [3.63, 3.8) is 0 Å². The van der Waals surface area contributed by atoms with E-state index >= 15 is 0 Å². The molecule has 0 unspecified atom stereocenters. The molecule has 0 spiro atoms. The van der Waals surface area contributed by atoms with Crippen molar-refractivity contribution in [2.24, 2.45) is 5.73 Å². The molecule has 1 aliphatic heterocycles. The fourth-order valence-electron chi connectivity index (χ4n) is 1.30. The first-order valence-corrected chi connectivity index (χ1v) is 4.26. The molecule has 0 bridgehead atoms. The van der Waals surface area contributed by atoms with E-state index in [1.807, 2.05) is 0 Å². The molecule has 0 saturated carbocycles. The quantitative estimate of drug-likeness (QED) is 0.638. The molecule has 0 saturated heterocycles. The van der Waals surface area contributed by atoms with Crippen LogP contribution in [0.4, 0.5) is 0 Å². The Labute approximate surface area is 68.4 Å². The Morgan fingerprint density at radius 2 is 2.27 bits per heavy atom. The Morgan fingerprint density at radius 1 is 1.45 bits per heavy atom. The Balaban J connectivity index is 2.30. The number of nitrogens with two attached hydrogens (primary N) is 1. The summed E-state index contributed by atoms with van der Waals surface area (Å²) in [6.07, 6.45) is 5.50. The smallest absolute Gasteiger partial charge is 0.0379 e. The minimum atomic E-state index is 0.738. The van der Waals surface area contributed by atoms with E-state index in [0.717, 1.165) is 26.2 Å². The lowest BCUT2D eigenvalue weighted by Crippen LogP contribution is -2.39. The molecular weight excluding hydrogens is 138 g/mol. The molecule has 0 amide bonds. The number of nitrogens with zero attached hydrogens (tertiary/aromatic N) is 2. The van der Waals surface area contributed by atoms with Crippen LogP contribution in [0.1, 0.15) is 13.3 Å². The van der Waals surface area contributed by atoms with E-state index < -0.39 is 0 Å². The van der Waals surface area contributed by atoms with Crippen molar-refractivity contribution >= 4 is 0 Å². The molecule has 1 rings (SSSR count). The Bertz CT molecular complexity index is 133. The van der Waals surface area contributed by atoms with Crippen molar-refractivity contribution in [1.29, 1.82) is 0 Å². The summed E-state index contributed by atoms with van der Waals surface area (Å²) in [5, 5.41) is 4.51. The summed E-state index contributed by atoms with van der Waals surface area (Å²) in [6, 6.07) is 0. The van der Waals surface area contributed by atoms with Crippen molar-refractivity contribution in [2.75, 3.05) is 26.2 Å². The highest BCUT2D eigenvalue weighted by atomic mass is 15.6. The van der Waals surface area contributed by atoms with Gasteiger partial charge in [0.15, 0.2) is 0 Å². The standard InChI is InChI=1S/C8H17N3/c1-2-5-10-6-3-7-11(10)8-4-9/h3,6H,2,4-5,7-9H2,1H3. The van der Waals surface area contributed by atoms with Crippen LogP contribution in [0.5, 0.6) is 0 Å². The summed E-state index contributed by atoms with van der Waals surface area (Å²) in [7, 11) is 0. The van der Waals surface area contributed by atoms with Gasteiger partial charge in [-0.15, -0.1) is 0 Å². The predicted octanol–water partition coefficient (Wildman–Crippen LogP) is 0.401. The van der Waals surface area contributed by atoms with Crippen LogP contribution in [0.15, 0.2) is 12.3 Å². The predicted molar refractivity (Wildman–Crippen MR) is 46.8 cm³/mol. The van der Waals surface area contributed by atoms with E-state index in [1.54, 1.807) is 0 Å². The lowest BCUT2D eigenvalue weighted by molar-refractivity contribution is 0.0557. The van der Waals surface area contributed by atoms with Crippen molar-refractivity contribution in [2.45, 2.75) is 13.3 Å². The van der Waals surface area contributed by atoms with E-state index in [2.05, 4.69) is 29.2 Å². The minimum absolute atomic E-state index is 0.738. The van der Waals surface area contributed by atoms with Gasteiger partial charge in [-0.1, -0.05) is 13.0 Å². The zero-order valence-corrected chi connectivity index (χ0v) is 7.16. The first-order valence-electron chi connectivity index (χ1n) is 4.26. The van der Waals surface area contributed by atoms with Crippen molar-refractivity contribution in [1.82, 2.24) is 10.0 Å². The molecule has 1 aliphatic rings. The first-order chi connectivity index (χ1) is 5.38. The Kier molecular flexibility index (Phi) is 3.39. The third-order valence-electron chi connectivity index (χ3n) is 1.80. The van der Waals surface area contributed by atoms with E-state index in [-0.39, 0.29) is 0 Å². The first kappa shape index (κ1) is 8.56. The van der Waals surface area contributed by atoms with Crippen LogP contribution in [-0.2, 0) is 0 Å². The van der Waals surface area contributed by atoms with E-state index in [4.69, 9.17) is 5.73 Å². The second kappa shape index (κ2) is 4.36. The fourth-order valence-corrected chi connectivity index (χ4v) is 1.30. The normalized spacial score (nSPS) is 18.2. The second-order valence-corrected chi connectivity index (χ2v) is 2.75. The van der Waals surface area contributed by atoms with E-state index in [1.165, 1.54) is 6.42 Å². The summed E-state index contributed by atoms with van der Waals surface area (Å²) in [6.45, 7) is 6.02. The van der Waals surface area contributed by atoms with Crippen molar-refractivity contribution in [3.05, 3.63) is 12.3 Å². The van der Waals surface area contributed by atoms with Gasteiger partial charge in [-0.2, -0.15) is 0 Å². The molecule has 2 N–H and O–H groups in total. The molecule has 0 aliphatic carbocycles. The van der Waals surface area contributed by atoms with Crippen molar-refractivity contribution in [3.8, 4) is 0 Å². The molecule has 0 aromatic rings. The molecule has 0 fully saturated rings. The second-order valence-electron chi connectivity index (χ2n) is 2.75. The minimum Gasteiger partial charge on any atom is -0.329 e. The fraction of sp³-hybridized carbons (Fsp3) is 0.750. The van der Waals surface area contributed by atoms with Crippen LogP contribution in [0.2, 0.25) is 0 Å². The van der Waals surface area contributed by atoms with Gasteiger partial charge in [0.2, 0.25) is 0 Å². The third kappa shape index (κ3) is 2.20. The molecule has 0 aromatic heterocycles. The summed E-state index contributed by atoms with van der Waals surface area (Å²) < 4.78 is 0. The molecular formula is C8H17N3. The summed E-state index contributed by atoms with van der Waals surface area (Å²) in [5.41, 5.74) is 5.47. The van der Waals surface area contributed by atoms with Crippen LogP contribution in [-0.4, -0.2) is 36.2 Å². The van der Waals surface area contributed by atoms with Gasteiger partial charge in [-0.25, -0.2) is 5.01 Å². The van der Waals surface area contributed by atoms with Crippen LogP contribution < -0.4 is 5.73 Å². The van der Waals surface area contributed by atoms with Gasteiger partial charge >= 0.3 is 0 Å². The van der Waals surface area contributed by atoms with Crippen LogP contribution >= 0.6 is 0 Å². The average molecular weight is 155 g/mol. The lowest BCUT2D eigenvalue weighted by atomic mass is 10.5. The maximum Gasteiger partial charge on any atom is 0.0379 e. The highest BCUT2D eigenvalue weighted by molar-refractivity contribution is 4.91. The molecule has 64 valence electrons. The SMILES string of the molecule is CCCN1C=CCN1CCN. The Hall–Kier alpha value is -0.540. The van der Waals surface area contributed by atoms with E-state index in [9.17, 15) is 0 Å². The topological polar surface area (TPSA) is 32.5 Å². The van der Waals surface area contributed by atoms with Crippen LogP contribution in [0.3, 0.4) is 0 Å². The van der Waals surface area contributed by atoms with Gasteiger partial charge in [-0.3, -0.25) is 0 Å². The van der Waals surface area contributed by atoms with Gasteiger partial charge in [-0.05, 0) is 6.42 Å². The zero-order chi connectivity index (χ0) is 8.10. The van der Waals surface area contributed by atoms with Crippen LogP contribution in [0, 0.1) is 0 Å². The van der Waals surface area contributed by atoms with Crippen molar-refractivity contribution < 1.29 is 0 Å².